The Morgan fingerprint density at radius 1 is 1.53 bits per heavy atom. The number of nitrogens with zero attached hydrogens (tertiary/aromatic N) is 3. The van der Waals surface area contributed by atoms with Crippen LogP contribution in [0.25, 0.3) is 0 Å². The molecule has 0 fully saturated rings. The van der Waals surface area contributed by atoms with Crippen LogP contribution in [-0.4, -0.2) is 19.8 Å². The second-order valence-electron chi connectivity index (χ2n) is 4.09. The quantitative estimate of drug-likeness (QED) is 0.860. The molecule has 2 rings (SSSR count). The number of hydrogen-bond donors (Lipinski definition) is 1. The molecule has 1 unspecified atom stereocenters. The molecule has 0 radical (unpaired) electrons. The molecule has 0 aromatic carbocycles. The van der Waals surface area contributed by atoms with Crippen molar-refractivity contribution in [2.24, 2.45) is 0 Å². The number of rotatable bonds is 5. The Morgan fingerprint density at radius 2 is 2.35 bits per heavy atom. The van der Waals surface area contributed by atoms with Crippen LogP contribution < -0.4 is 0 Å². The molecule has 17 heavy (non-hydrogen) atoms. The maximum absolute atomic E-state index is 9.57. The van der Waals surface area contributed by atoms with Gasteiger partial charge in [-0.1, -0.05) is 12.1 Å². The number of hydrogen-bond acceptors (Lipinski definition) is 4. The Balaban J connectivity index is 2.11. The molecular formula is C12H17N3O2. The van der Waals surface area contributed by atoms with Crippen LogP contribution in [0.2, 0.25) is 0 Å². The molecule has 0 saturated heterocycles. The Kier molecular flexibility index (Phi) is 3.58. The lowest BCUT2D eigenvalue weighted by molar-refractivity contribution is 0.189. The summed E-state index contributed by atoms with van der Waals surface area (Å²) in [6.07, 6.45) is 3.23. The summed E-state index contributed by atoms with van der Waals surface area (Å²) in [5.74, 6) is 1.32. The first kappa shape index (κ1) is 11.9. The van der Waals surface area contributed by atoms with Gasteiger partial charge in [-0.25, -0.2) is 0 Å². The van der Waals surface area contributed by atoms with Crippen LogP contribution in [0, 0.1) is 0 Å². The van der Waals surface area contributed by atoms with Crippen molar-refractivity contribution >= 4 is 0 Å². The third-order valence-electron chi connectivity index (χ3n) is 2.58. The summed E-state index contributed by atoms with van der Waals surface area (Å²) in [4.78, 5) is 4.30. The van der Waals surface area contributed by atoms with E-state index >= 15 is 0 Å². The summed E-state index contributed by atoms with van der Waals surface area (Å²) < 4.78 is 7.07. The van der Waals surface area contributed by atoms with Gasteiger partial charge in [0.1, 0.15) is 6.54 Å². The van der Waals surface area contributed by atoms with Gasteiger partial charge in [0.15, 0.2) is 5.82 Å². The highest BCUT2D eigenvalue weighted by Gasteiger charge is 2.10. The lowest BCUT2D eigenvalue weighted by atomic mass is 10.3. The van der Waals surface area contributed by atoms with Crippen molar-refractivity contribution in [2.75, 3.05) is 0 Å². The van der Waals surface area contributed by atoms with Gasteiger partial charge in [0.2, 0.25) is 5.89 Å². The molecule has 2 aromatic rings. The molecule has 0 bridgehead atoms. The fourth-order valence-corrected chi connectivity index (χ4v) is 1.78. The zero-order valence-corrected chi connectivity index (χ0v) is 10.1. The van der Waals surface area contributed by atoms with E-state index in [0.29, 0.717) is 12.4 Å². The van der Waals surface area contributed by atoms with Crippen LogP contribution in [0.1, 0.15) is 43.8 Å². The minimum atomic E-state index is -0.497. The summed E-state index contributed by atoms with van der Waals surface area (Å²) in [5.41, 5.74) is 0.847. The van der Waals surface area contributed by atoms with E-state index in [-0.39, 0.29) is 0 Å². The largest absolute Gasteiger partial charge is 0.387 e. The molecular weight excluding hydrogens is 218 g/mol. The van der Waals surface area contributed by atoms with Crippen LogP contribution in [0.5, 0.6) is 0 Å². The van der Waals surface area contributed by atoms with Crippen molar-refractivity contribution in [2.45, 2.75) is 39.3 Å². The Bertz CT molecular complexity index is 474. The average Bonchev–Trinajstić information content (AvgIpc) is 2.89. The van der Waals surface area contributed by atoms with Gasteiger partial charge in [0.05, 0.1) is 6.10 Å². The predicted molar refractivity (Wildman–Crippen MR) is 62.5 cm³/mol. The monoisotopic (exact) mass is 235 g/mol. The summed E-state index contributed by atoms with van der Waals surface area (Å²) in [6.45, 7) is 4.32. The number of aliphatic hydroxyl groups is 1. The molecule has 2 aromatic heterocycles. The summed E-state index contributed by atoms with van der Waals surface area (Å²) in [5, 5.41) is 13.5. The molecule has 5 heteroatoms. The van der Waals surface area contributed by atoms with E-state index in [9.17, 15) is 5.11 Å². The molecule has 2 heterocycles. The highest BCUT2D eigenvalue weighted by Crippen LogP contribution is 2.14. The molecule has 1 atom stereocenters. The zero-order valence-electron chi connectivity index (χ0n) is 10.1. The maximum atomic E-state index is 9.57. The third-order valence-corrected chi connectivity index (χ3v) is 2.58. The van der Waals surface area contributed by atoms with E-state index in [4.69, 9.17) is 4.52 Å². The lowest BCUT2D eigenvalue weighted by Gasteiger charge is -2.08. The van der Waals surface area contributed by atoms with Crippen LogP contribution >= 0.6 is 0 Å². The van der Waals surface area contributed by atoms with Crippen molar-refractivity contribution in [3.8, 4) is 0 Å². The summed E-state index contributed by atoms with van der Waals surface area (Å²) >= 11 is 0. The molecule has 1 N–H and O–H groups in total. The Labute approximate surface area is 100 Å². The van der Waals surface area contributed by atoms with Crippen LogP contribution in [0.3, 0.4) is 0 Å². The third kappa shape index (κ3) is 2.74. The van der Waals surface area contributed by atoms with Gasteiger partial charge >= 0.3 is 0 Å². The SMILES string of the molecule is CCCc1noc(Cn2cccc2C(C)O)n1. The van der Waals surface area contributed by atoms with Crippen molar-refractivity contribution in [3.05, 3.63) is 35.7 Å². The second-order valence-corrected chi connectivity index (χ2v) is 4.09. The van der Waals surface area contributed by atoms with E-state index < -0.39 is 6.10 Å². The number of aryl methyl sites for hydroxylation is 1. The van der Waals surface area contributed by atoms with Crippen molar-refractivity contribution in [1.82, 2.24) is 14.7 Å². The van der Waals surface area contributed by atoms with Gasteiger partial charge in [-0.15, -0.1) is 0 Å². The van der Waals surface area contributed by atoms with Gasteiger partial charge in [-0.2, -0.15) is 4.98 Å². The topological polar surface area (TPSA) is 64.1 Å². The standard InChI is InChI=1S/C12H17N3O2/c1-3-5-11-13-12(17-14-11)8-15-7-4-6-10(15)9(2)16/h4,6-7,9,16H,3,5,8H2,1-2H3. The van der Waals surface area contributed by atoms with Crippen molar-refractivity contribution < 1.29 is 9.63 Å². The Morgan fingerprint density at radius 3 is 3.06 bits per heavy atom. The van der Waals surface area contributed by atoms with Crippen molar-refractivity contribution in [3.63, 3.8) is 0 Å². The number of aliphatic hydroxyl groups excluding tert-OH is 1. The lowest BCUT2D eigenvalue weighted by Crippen LogP contribution is -2.06. The summed E-state index contributed by atoms with van der Waals surface area (Å²) in [6, 6.07) is 3.78. The summed E-state index contributed by atoms with van der Waals surface area (Å²) in [7, 11) is 0. The van der Waals surface area contributed by atoms with E-state index in [1.54, 1.807) is 6.92 Å². The van der Waals surface area contributed by atoms with Crippen molar-refractivity contribution in [1.29, 1.82) is 0 Å². The van der Waals surface area contributed by atoms with Gasteiger partial charge in [0.25, 0.3) is 0 Å². The van der Waals surface area contributed by atoms with E-state index in [1.807, 2.05) is 22.9 Å². The molecule has 0 spiro atoms. The first-order valence-corrected chi connectivity index (χ1v) is 5.85. The molecule has 92 valence electrons. The molecule has 0 aliphatic heterocycles. The molecule has 0 saturated carbocycles. The normalized spacial score (nSPS) is 12.9. The van der Waals surface area contributed by atoms with E-state index in [2.05, 4.69) is 17.1 Å². The van der Waals surface area contributed by atoms with Gasteiger partial charge in [0, 0.05) is 18.3 Å². The van der Waals surface area contributed by atoms with Gasteiger partial charge < -0.3 is 14.2 Å². The second kappa shape index (κ2) is 5.14. The molecule has 5 nitrogen and oxygen atoms in total. The highest BCUT2D eigenvalue weighted by molar-refractivity contribution is 5.10. The smallest absolute Gasteiger partial charge is 0.246 e. The minimum absolute atomic E-state index is 0.497. The first-order chi connectivity index (χ1) is 8.20. The van der Waals surface area contributed by atoms with E-state index in [0.717, 1.165) is 24.4 Å². The van der Waals surface area contributed by atoms with E-state index in [1.165, 1.54) is 0 Å². The fraction of sp³-hybridized carbons (Fsp3) is 0.500. The van der Waals surface area contributed by atoms with Gasteiger partial charge in [-0.05, 0) is 25.5 Å². The predicted octanol–water partition coefficient (Wildman–Crippen LogP) is 1.93. The highest BCUT2D eigenvalue weighted by atomic mass is 16.5. The molecule has 0 amide bonds. The first-order valence-electron chi connectivity index (χ1n) is 5.85. The average molecular weight is 235 g/mol. The zero-order chi connectivity index (χ0) is 12.3. The molecule has 0 aliphatic carbocycles. The van der Waals surface area contributed by atoms with Crippen LogP contribution in [-0.2, 0) is 13.0 Å². The van der Waals surface area contributed by atoms with Gasteiger partial charge in [-0.3, -0.25) is 0 Å². The Hall–Kier alpha value is -1.62. The number of aromatic nitrogens is 3. The maximum Gasteiger partial charge on any atom is 0.246 e. The van der Waals surface area contributed by atoms with Crippen LogP contribution in [0.15, 0.2) is 22.9 Å². The molecule has 0 aliphatic rings. The minimum Gasteiger partial charge on any atom is -0.387 e. The fourth-order valence-electron chi connectivity index (χ4n) is 1.78. The van der Waals surface area contributed by atoms with Crippen LogP contribution in [0.4, 0.5) is 0 Å².